The molecule has 118 valence electrons. The first-order valence-electron chi connectivity index (χ1n) is 7.88. The summed E-state index contributed by atoms with van der Waals surface area (Å²) in [5.74, 6) is -0.0131. The Morgan fingerprint density at radius 3 is 2.38 bits per heavy atom. The van der Waals surface area contributed by atoms with Gasteiger partial charge in [0.1, 0.15) is 0 Å². The average molecular weight is 292 g/mol. The Bertz CT molecular complexity index is 400. The summed E-state index contributed by atoms with van der Waals surface area (Å²) >= 11 is 0. The number of ether oxygens (including phenoxy) is 1. The second-order valence-electron chi connectivity index (χ2n) is 4.96. The Kier molecular flexibility index (Phi) is 8.71. The number of carbonyl (C=O) groups excluding carboxylic acids is 1. The molecule has 4 heteroatoms. The number of nitrogens with zero attached hydrogens (tertiary/aromatic N) is 1. The SMILES string of the molecule is CCOCCCNC(=O)c1ccc(CN(CC)CC)cc1. The second kappa shape index (κ2) is 10.4. The van der Waals surface area contributed by atoms with E-state index >= 15 is 0 Å². The highest BCUT2D eigenvalue weighted by Gasteiger charge is 2.06. The summed E-state index contributed by atoms with van der Waals surface area (Å²) in [6.45, 7) is 11.4. The molecule has 1 N–H and O–H groups in total. The smallest absolute Gasteiger partial charge is 0.251 e. The molecule has 0 aromatic heterocycles. The maximum atomic E-state index is 12.0. The van der Waals surface area contributed by atoms with Crippen LogP contribution in [0.25, 0.3) is 0 Å². The molecule has 0 aliphatic heterocycles. The zero-order valence-corrected chi connectivity index (χ0v) is 13.5. The van der Waals surface area contributed by atoms with Gasteiger partial charge in [0.15, 0.2) is 0 Å². The summed E-state index contributed by atoms with van der Waals surface area (Å²) in [7, 11) is 0. The van der Waals surface area contributed by atoms with Gasteiger partial charge >= 0.3 is 0 Å². The predicted octanol–water partition coefficient (Wildman–Crippen LogP) is 2.68. The van der Waals surface area contributed by atoms with Crippen LogP contribution in [0.3, 0.4) is 0 Å². The first-order valence-corrected chi connectivity index (χ1v) is 7.88. The van der Waals surface area contributed by atoms with Gasteiger partial charge < -0.3 is 10.1 Å². The van der Waals surface area contributed by atoms with Crippen LogP contribution in [0.15, 0.2) is 24.3 Å². The van der Waals surface area contributed by atoms with E-state index in [0.717, 1.165) is 38.2 Å². The minimum atomic E-state index is -0.0131. The van der Waals surface area contributed by atoms with E-state index in [1.165, 1.54) is 5.56 Å². The molecule has 4 nitrogen and oxygen atoms in total. The van der Waals surface area contributed by atoms with Crippen molar-refractivity contribution in [1.29, 1.82) is 0 Å². The number of hydrogen-bond donors (Lipinski definition) is 1. The number of hydrogen-bond acceptors (Lipinski definition) is 3. The molecule has 1 rings (SSSR count). The minimum Gasteiger partial charge on any atom is -0.382 e. The molecule has 1 aromatic carbocycles. The van der Waals surface area contributed by atoms with Crippen molar-refractivity contribution >= 4 is 5.91 Å². The fraction of sp³-hybridized carbons (Fsp3) is 0.588. The molecule has 1 aromatic rings. The lowest BCUT2D eigenvalue weighted by molar-refractivity contribution is 0.0944. The van der Waals surface area contributed by atoms with E-state index < -0.39 is 0 Å². The fourth-order valence-electron chi connectivity index (χ4n) is 2.09. The lowest BCUT2D eigenvalue weighted by Gasteiger charge is -2.18. The van der Waals surface area contributed by atoms with Crippen molar-refractivity contribution < 1.29 is 9.53 Å². The van der Waals surface area contributed by atoms with E-state index in [9.17, 15) is 4.79 Å². The Morgan fingerprint density at radius 2 is 1.81 bits per heavy atom. The van der Waals surface area contributed by atoms with Gasteiger partial charge in [-0.05, 0) is 44.1 Å². The molecule has 0 bridgehead atoms. The number of rotatable bonds is 10. The molecule has 0 unspecified atom stereocenters. The van der Waals surface area contributed by atoms with Gasteiger partial charge in [-0.1, -0.05) is 26.0 Å². The zero-order chi connectivity index (χ0) is 15.5. The molecule has 0 atom stereocenters. The highest BCUT2D eigenvalue weighted by atomic mass is 16.5. The number of benzene rings is 1. The number of carbonyl (C=O) groups is 1. The van der Waals surface area contributed by atoms with Crippen molar-refractivity contribution in [3.63, 3.8) is 0 Å². The number of amides is 1. The third kappa shape index (κ3) is 6.74. The van der Waals surface area contributed by atoms with E-state index in [-0.39, 0.29) is 5.91 Å². The van der Waals surface area contributed by atoms with Crippen LogP contribution in [0.4, 0.5) is 0 Å². The van der Waals surface area contributed by atoms with Gasteiger partial charge in [0.25, 0.3) is 5.91 Å². The van der Waals surface area contributed by atoms with E-state index in [2.05, 4.69) is 24.1 Å². The van der Waals surface area contributed by atoms with Crippen LogP contribution in [0, 0.1) is 0 Å². The van der Waals surface area contributed by atoms with Crippen LogP contribution < -0.4 is 5.32 Å². The summed E-state index contributed by atoms with van der Waals surface area (Å²) in [6, 6.07) is 7.87. The van der Waals surface area contributed by atoms with Crippen molar-refractivity contribution in [2.24, 2.45) is 0 Å². The molecule has 0 radical (unpaired) electrons. The Balaban J connectivity index is 2.40. The molecule has 0 saturated carbocycles. The molecule has 21 heavy (non-hydrogen) atoms. The van der Waals surface area contributed by atoms with Crippen molar-refractivity contribution in [3.05, 3.63) is 35.4 Å². The molecule has 0 saturated heterocycles. The van der Waals surface area contributed by atoms with Gasteiger partial charge in [-0.2, -0.15) is 0 Å². The number of nitrogens with one attached hydrogen (secondary N) is 1. The topological polar surface area (TPSA) is 41.6 Å². The van der Waals surface area contributed by atoms with Crippen molar-refractivity contribution in [3.8, 4) is 0 Å². The van der Waals surface area contributed by atoms with E-state index in [1.807, 2.05) is 31.2 Å². The van der Waals surface area contributed by atoms with Crippen LogP contribution >= 0.6 is 0 Å². The average Bonchev–Trinajstić information content (AvgIpc) is 2.52. The van der Waals surface area contributed by atoms with Crippen molar-refractivity contribution in [2.75, 3.05) is 32.8 Å². The van der Waals surface area contributed by atoms with Crippen LogP contribution in [0.1, 0.15) is 43.1 Å². The Morgan fingerprint density at radius 1 is 1.14 bits per heavy atom. The Labute approximate surface area is 128 Å². The fourth-order valence-corrected chi connectivity index (χ4v) is 2.09. The molecule has 0 fully saturated rings. The van der Waals surface area contributed by atoms with Crippen LogP contribution in [-0.2, 0) is 11.3 Å². The summed E-state index contributed by atoms with van der Waals surface area (Å²) in [5, 5.41) is 2.91. The van der Waals surface area contributed by atoms with Crippen LogP contribution in [-0.4, -0.2) is 43.7 Å². The van der Waals surface area contributed by atoms with Crippen LogP contribution in [0.2, 0.25) is 0 Å². The van der Waals surface area contributed by atoms with Crippen LogP contribution in [0.5, 0.6) is 0 Å². The highest BCUT2D eigenvalue weighted by molar-refractivity contribution is 5.94. The Hall–Kier alpha value is -1.39. The maximum absolute atomic E-state index is 12.0. The quantitative estimate of drug-likeness (QED) is 0.674. The van der Waals surface area contributed by atoms with Gasteiger partial charge in [0, 0.05) is 31.9 Å². The normalized spacial score (nSPS) is 10.9. The van der Waals surface area contributed by atoms with Gasteiger partial charge in [-0.25, -0.2) is 0 Å². The molecule has 0 aliphatic carbocycles. The van der Waals surface area contributed by atoms with Gasteiger partial charge in [0.05, 0.1) is 0 Å². The molecule has 0 spiro atoms. The second-order valence-corrected chi connectivity index (χ2v) is 4.96. The largest absolute Gasteiger partial charge is 0.382 e. The summed E-state index contributed by atoms with van der Waals surface area (Å²) in [5.41, 5.74) is 1.96. The molecular formula is C17H28N2O2. The molecule has 1 amide bonds. The summed E-state index contributed by atoms with van der Waals surface area (Å²) in [6.07, 6.45) is 0.847. The summed E-state index contributed by atoms with van der Waals surface area (Å²) < 4.78 is 5.24. The van der Waals surface area contributed by atoms with E-state index in [0.29, 0.717) is 13.2 Å². The van der Waals surface area contributed by atoms with E-state index in [4.69, 9.17) is 4.74 Å². The van der Waals surface area contributed by atoms with Crippen molar-refractivity contribution in [1.82, 2.24) is 10.2 Å². The molecular weight excluding hydrogens is 264 g/mol. The minimum absolute atomic E-state index is 0.0131. The van der Waals surface area contributed by atoms with E-state index in [1.54, 1.807) is 0 Å². The first-order chi connectivity index (χ1) is 10.2. The lowest BCUT2D eigenvalue weighted by Crippen LogP contribution is -2.25. The zero-order valence-electron chi connectivity index (χ0n) is 13.5. The lowest BCUT2D eigenvalue weighted by atomic mass is 10.1. The summed E-state index contributed by atoms with van der Waals surface area (Å²) in [4.78, 5) is 14.3. The van der Waals surface area contributed by atoms with Crippen molar-refractivity contribution in [2.45, 2.75) is 33.7 Å². The monoisotopic (exact) mass is 292 g/mol. The maximum Gasteiger partial charge on any atom is 0.251 e. The highest BCUT2D eigenvalue weighted by Crippen LogP contribution is 2.07. The van der Waals surface area contributed by atoms with Gasteiger partial charge in [-0.15, -0.1) is 0 Å². The standard InChI is InChI=1S/C17H28N2O2/c1-4-19(5-2)14-15-8-10-16(11-9-15)17(20)18-12-7-13-21-6-3/h8-11H,4-7,12-14H2,1-3H3,(H,18,20). The van der Waals surface area contributed by atoms with Gasteiger partial charge in [0.2, 0.25) is 0 Å². The van der Waals surface area contributed by atoms with Gasteiger partial charge in [-0.3, -0.25) is 9.69 Å². The predicted molar refractivity (Wildman–Crippen MR) is 86.5 cm³/mol. The molecule has 0 heterocycles. The third-order valence-corrected chi connectivity index (χ3v) is 3.47. The third-order valence-electron chi connectivity index (χ3n) is 3.47. The first kappa shape index (κ1) is 17.7. The molecule has 0 aliphatic rings.